The molecular weight excluding hydrogens is 484 g/mol. The number of amides is 4. The summed E-state index contributed by atoms with van der Waals surface area (Å²) in [4.78, 5) is 42.4. The van der Waals surface area contributed by atoms with E-state index in [1.165, 1.54) is 0 Å². The number of aliphatic hydroxyl groups excluding tert-OH is 1. The van der Waals surface area contributed by atoms with Crippen molar-refractivity contribution in [1.82, 2.24) is 15.5 Å². The zero-order chi connectivity index (χ0) is 26.4. The minimum Gasteiger partial charge on any atom is -0.494 e. The SMILES string of the molecule is CCOc1ccc(C(=O)N2C[C@@H](C)N(C(=O)NC(CO)C(=O)NC(C)C)Cc3ccccc32)c(Cl)c1. The minimum absolute atomic E-state index is 0.138. The molecule has 1 heterocycles. The largest absolute Gasteiger partial charge is 0.494 e. The molecule has 0 aromatic heterocycles. The Labute approximate surface area is 216 Å². The summed E-state index contributed by atoms with van der Waals surface area (Å²) in [6, 6.07) is 10.2. The van der Waals surface area contributed by atoms with Crippen LogP contribution >= 0.6 is 11.6 Å². The molecule has 10 heteroatoms. The molecule has 4 amide bonds. The molecular formula is C26H33ClN4O5. The van der Waals surface area contributed by atoms with E-state index in [9.17, 15) is 19.5 Å². The van der Waals surface area contributed by atoms with E-state index in [-0.39, 0.29) is 30.1 Å². The quantitative estimate of drug-likeness (QED) is 0.523. The number of anilines is 1. The van der Waals surface area contributed by atoms with Crippen molar-refractivity contribution in [2.75, 3.05) is 24.7 Å². The molecule has 0 saturated heterocycles. The highest BCUT2D eigenvalue weighted by Gasteiger charge is 2.33. The molecule has 2 aromatic carbocycles. The number of urea groups is 1. The van der Waals surface area contributed by atoms with Crippen molar-refractivity contribution in [2.24, 2.45) is 0 Å². The molecule has 9 nitrogen and oxygen atoms in total. The number of fused-ring (bicyclic) bond motifs is 1. The molecule has 36 heavy (non-hydrogen) atoms. The van der Waals surface area contributed by atoms with Crippen molar-refractivity contribution < 1.29 is 24.2 Å². The van der Waals surface area contributed by atoms with Crippen molar-refractivity contribution >= 4 is 35.1 Å². The summed E-state index contributed by atoms with van der Waals surface area (Å²) in [5, 5.41) is 15.3. The predicted octanol–water partition coefficient (Wildman–Crippen LogP) is 3.18. The number of hydrogen-bond donors (Lipinski definition) is 3. The van der Waals surface area contributed by atoms with Gasteiger partial charge in [-0.15, -0.1) is 0 Å². The molecule has 3 N–H and O–H groups in total. The summed E-state index contributed by atoms with van der Waals surface area (Å²) >= 11 is 6.44. The van der Waals surface area contributed by atoms with E-state index in [1.54, 1.807) is 41.8 Å². The Balaban J connectivity index is 1.87. The topological polar surface area (TPSA) is 111 Å². The van der Waals surface area contributed by atoms with Gasteiger partial charge in [0, 0.05) is 30.9 Å². The molecule has 0 saturated carbocycles. The van der Waals surface area contributed by atoms with Crippen molar-refractivity contribution in [1.29, 1.82) is 0 Å². The summed E-state index contributed by atoms with van der Waals surface area (Å²) in [5.41, 5.74) is 1.76. The third kappa shape index (κ3) is 6.27. The van der Waals surface area contributed by atoms with Gasteiger partial charge in [0.05, 0.1) is 23.8 Å². The maximum absolute atomic E-state index is 13.6. The smallest absolute Gasteiger partial charge is 0.318 e. The number of nitrogens with one attached hydrogen (secondary N) is 2. The second-order valence-corrected chi connectivity index (χ2v) is 9.35. The van der Waals surface area contributed by atoms with E-state index in [1.807, 2.05) is 38.1 Å². The van der Waals surface area contributed by atoms with Crippen LogP contribution in [0.2, 0.25) is 5.02 Å². The zero-order valence-corrected chi connectivity index (χ0v) is 21.7. The van der Waals surface area contributed by atoms with Gasteiger partial charge in [0.15, 0.2) is 0 Å². The summed E-state index contributed by atoms with van der Waals surface area (Å²) in [7, 11) is 0. The number of carbonyl (C=O) groups excluding carboxylic acids is 3. The summed E-state index contributed by atoms with van der Waals surface area (Å²) in [6.07, 6.45) is 0. The van der Waals surface area contributed by atoms with Gasteiger partial charge < -0.3 is 30.3 Å². The van der Waals surface area contributed by atoms with Crippen LogP contribution in [0.1, 0.15) is 43.6 Å². The van der Waals surface area contributed by atoms with Crippen molar-refractivity contribution in [3.05, 3.63) is 58.6 Å². The van der Waals surface area contributed by atoms with Gasteiger partial charge in [-0.05, 0) is 57.5 Å². The number of para-hydroxylation sites is 1. The van der Waals surface area contributed by atoms with Gasteiger partial charge in [0.25, 0.3) is 5.91 Å². The van der Waals surface area contributed by atoms with Gasteiger partial charge in [0.2, 0.25) is 5.91 Å². The fourth-order valence-corrected chi connectivity index (χ4v) is 4.31. The van der Waals surface area contributed by atoms with Crippen LogP contribution in [-0.4, -0.2) is 65.7 Å². The molecule has 3 rings (SSSR count). The van der Waals surface area contributed by atoms with Gasteiger partial charge in [-0.25, -0.2) is 4.79 Å². The fourth-order valence-electron chi connectivity index (χ4n) is 4.05. The Morgan fingerprint density at radius 3 is 2.53 bits per heavy atom. The lowest BCUT2D eigenvalue weighted by Crippen LogP contribution is -2.56. The van der Waals surface area contributed by atoms with Crippen LogP contribution in [0, 0.1) is 0 Å². The molecule has 0 spiro atoms. The van der Waals surface area contributed by atoms with E-state index in [0.717, 1.165) is 5.56 Å². The molecule has 0 fully saturated rings. The summed E-state index contributed by atoms with van der Waals surface area (Å²) in [6.45, 7) is 7.65. The number of ether oxygens (including phenoxy) is 1. The molecule has 1 aliphatic heterocycles. The Bertz CT molecular complexity index is 1110. The first-order chi connectivity index (χ1) is 17.2. The molecule has 1 aliphatic rings. The lowest BCUT2D eigenvalue weighted by atomic mass is 10.1. The van der Waals surface area contributed by atoms with E-state index < -0.39 is 30.6 Å². The Kier molecular flexibility index (Phi) is 9.17. The summed E-state index contributed by atoms with van der Waals surface area (Å²) in [5.74, 6) is -0.189. The number of hydrogen-bond acceptors (Lipinski definition) is 5. The van der Waals surface area contributed by atoms with Crippen LogP contribution < -0.4 is 20.3 Å². The minimum atomic E-state index is -1.09. The molecule has 0 radical (unpaired) electrons. The number of rotatable bonds is 7. The number of carbonyl (C=O) groups is 3. The molecule has 2 aromatic rings. The highest BCUT2D eigenvalue weighted by Crippen LogP contribution is 2.31. The third-order valence-electron chi connectivity index (χ3n) is 5.82. The number of benzene rings is 2. The standard InChI is InChI=1S/C26H33ClN4O5/c1-5-36-19-10-11-20(21(27)12-19)25(34)31-13-17(4)30(14-18-8-6-7-9-23(18)31)26(35)29-22(15-32)24(33)28-16(2)3/h6-12,16-17,22,32H,5,13-15H2,1-4H3,(H,28,33)(H,29,35)/t17-,22?/m1/s1. The monoisotopic (exact) mass is 516 g/mol. The Morgan fingerprint density at radius 2 is 1.89 bits per heavy atom. The molecule has 0 bridgehead atoms. The van der Waals surface area contributed by atoms with Crippen LogP contribution in [0.25, 0.3) is 0 Å². The highest BCUT2D eigenvalue weighted by molar-refractivity contribution is 6.34. The lowest BCUT2D eigenvalue weighted by molar-refractivity contribution is -0.124. The molecule has 2 atom stereocenters. The Morgan fingerprint density at radius 1 is 1.17 bits per heavy atom. The maximum atomic E-state index is 13.6. The van der Waals surface area contributed by atoms with Crippen LogP contribution in [0.5, 0.6) is 5.75 Å². The lowest BCUT2D eigenvalue weighted by Gasteiger charge is -2.30. The third-order valence-corrected chi connectivity index (χ3v) is 6.13. The van der Waals surface area contributed by atoms with Crippen LogP contribution in [-0.2, 0) is 11.3 Å². The van der Waals surface area contributed by atoms with E-state index >= 15 is 0 Å². The highest BCUT2D eigenvalue weighted by atomic mass is 35.5. The van der Waals surface area contributed by atoms with Gasteiger partial charge in [0.1, 0.15) is 11.8 Å². The maximum Gasteiger partial charge on any atom is 0.318 e. The first kappa shape index (κ1) is 27.3. The molecule has 0 aliphatic carbocycles. The van der Waals surface area contributed by atoms with Crippen LogP contribution in [0.4, 0.5) is 10.5 Å². The number of aliphatic hydroxyl groups is 1. The molecule has 1 unspecified atom stereocenters. The van der Waals surface area contributed by atoms with Crippen molar-refractivity contribution in [3.63, 3.8) is 0 Å². The molecule has 194 valence electrons. The van der Waals surface area contributed by atoms with E-state index in [0.29, 0.717) is 23.6 Å². The van der Waals surface area contributed by atoms with Gasteiger partial charge in [-0.2, -0.15) is 0 Å². The normalized spacial score (nSPS) is 16.1. The van der Waals surface area contributed by atoms with Gasteiger partial charge >= 0.3 is 6.03 Å². The predicted molar refractivity (Wildman–Crippen MR) is 138 cm³/mol. The average molecular weight is 517 g/mol. The van der Waals surface area contributed by atoms with Gasteiger partial charge in [-0.3, -0.25) is 9.59 Å². The summed E-state index contributed by atoms with van der Waals surface area (Å²) < 4.78 is 5.47. The van der Waals surface area contributed by atoms with Gasteiger partial charge in [-0.1, -0.05) is 29.8 Å². The number of halogens is 1. The van der Waals surface area contributed by atoms with Crippen molar-refractivity contribution in [2.45, 2.75) is 52.4 Å². The average Bonchev–Trinajstić information content (AvgIpc) is 2.98. The second kappa shape index (κ2) is 12.1. The Hall–Kier alpha value is -3.30. The van der Waals surface area contributed by atoms with Crippen molar-refractivity contribution in [3.8, 4) is 5.75 Å². The second-order valence-electron chi connectivity index (χ2n) is 8.94. The zero-order valence-electron chi connectivity index (χ0n) is 21.0. The number of nitrogens with zero attached hydrogens (tertiary/aromatic N) is 2. The van der Waals surface area contributed by atoms with E-state index in [4.69, 9.17) is 16.3 Å². The fraction of sp³-hybridized carbons (Fsp3) is 0.423. The van der Waals surface area contributed by atoms with Crippen LogP contribution in [0.3, 0.4) is 0 Å². The first-order valence-corrected chi connectivity index (χ1v) is 12.3. The van der Waals surface area contributed by atoms with E-state index in [2.05, 4.69) is 10.6 Å². The van der Waals surface area contributed by atoms with Crippen LogP contribution in [0.15, 0.2) is 42.5 Å². The first-order valence-electron chi connectivity index (χ1n) is 12.0.